The SMILES string of the molecule is O=C(O)Cn1ccc(NC(=O)[C@H]2Cc3cccc(F)c3O2)n1. The molecule has 1 aliphatic heterocycles. The summed E-state index contributed by atoms with van der Waals surface area (Å²) < 4.78 is 20.1. The molecule has 0 saturated carbocycles. The van der Waals surface area contributed by atoms with Crippen LogP contribution in [0.15, 0.2) is 30.5 Å². The molecule has 1 atom stereocenters. The fourth-order valence-electron chi connectivity index (χ4n) is 2.24. The Balaban J connectivity index is 1.65. The van der Waals surface area contributed by atoms with Crippen LogP contribution >= 0.6 is 0 Å². The summed E-state index contributed by atoms with van der Waals surface area (Å²) in [5.41, 5.74) is 0.636. The van der Waals surface area contributed by atoms with Gasteiger partial charge in [-0.3, -0.25) is 14.3 Å². The first-order valence-electron chi connectivity index (χ1n) is 6.53. The van der Waals surface area contributed by atoms with Crippen LogP contribution in [0.5, 0.6) is 5.75 Å². The standard InChI is InChI=1S/C14H12FN3O4/c15-9-3-1-2-8-6-10(22-13(8)9)14(21)16-11-4-5-18(17-11)7-12(19)20/h1-5,10H,6-7H2,(H,19,20)(H,16,17,21)/t10-/m1/s1. The summed E-state index contributed by atoms with van der Waals surface area (Å²) in [6.07, 6.45) is 0.874. The number of carboxylic acids is 1. The van der Waals surface area contributed by atoms with E-state index in [1.54, 1.807) is 12.1 Å². The average Bonchev–Trinajstić information content (AvgIpc) is 3.05. The second-order valence-electron chi connectivity index (χ2n) is 4.82. The number of para-hydroxylation sites is 1. The maximum absolute atomic E-state index is 13.6. The largest absolute Gasteiger partial charge is 0.480 e. The van der Waals surface area contributed by atoms with Crippen molar-refractivity contribution in [1.82, 2.24) is 9.78 Å². The molecule has 0 bridgehead atoms. The number of nitrogens with one attached hydrogen (secondary N) is 1. The van der Waals surface area contributed by atoms with E-state index in [4.69, 9.17) is 9.84 Å². The minimum atomic E-state index is -1.04. The number of carboxylic acid groups (broad SMARTS) is 1. The third-order valence-corrected chi connectivity index (χ3v) is 3.20. The number of amides is 1. The van der Waals surface area contributed by atoms with Gasteiger partial charge >= 0.3 is 5.97 Å². The normalized spacial score (nSPS) is 16.0. The van der Waals surface area contributed by atoms with Gasteiger partial charge in [-0.15, -0.1) is 0 Å². The van der Waals surface area contributed by atoms with Crippen molar-refractivity contribution in [3.05, 3.63) is 41.8 Å². The molecule has 1 aromatic carbocycles. The van der Waals surface area contributed by atoms with Gasteiger partial charge in [-0.25, -0.2) is 4.39 Å². The lowest BCUT2D eigenvalue weighted by Gasteiger charge is -2.09. The molecule has 8 heteroatoms. The fourth-order valence-corrected chi connectivity index (χ4v) is 2.24. The number of benzene rings is 1. The maximum Gasteiger partial charge on any atom is 0.325 e. The van der Waals surface area contributed by atoms with Gasteiger partial charge in [-0.2, -0.15) is 5.10 Å². The molecule has 0 spiro atoms. The van der Waals surface area contributed by atoms with Crippen molar-refractivity contribution < 1.29 is 23.8 Å². The lowest BCUT2D eigenvalue weighted by Crippen LogP contribution is -2.31. The third-order valence-electron chi connectivity index (χ3n) is 3.20. The zero-order valence-corrected chi connectivity index (χ0v) is 11.3. The second kappa shape index (κ2) is 5.47. The van der Waals surface area contributed by atoms with Crippen molar-refractivity contribution in [2.75, 3.05) is 5.32 Å². The number of hydrogen-bond donors (Lipinski definition) is 2. The monoisotopic (exact) mass is 305 g/mol. The van der Waals surface area contributed by atoms with Crippen LogP contribution < -0.4 is 10.1 Å². The molecule has 0 radical (unpaired) electrons. The van der Waals surface area contributed by atoms with Crippen molar-refractivity contribution in [2.45, 2.75) is 19.1 Å². The number of carbonyl (C=O) groups excluding carboxylic acids is 1. The van der Waals surface area contributed by atoms with E-state index in [1.807, 2.05) is 0 Å². The third kappa shape index (κ3) is 2.76. The first kappa shape index (κ1) is 14.1. The van der Waals surface area contributed by atoms with Crippen LogP contribution in [0.4, 0.5) is 10.2 Å². The van der Waals surface area contributed by atoms with Crippen LogP contribution in [0.2, 0.25) is 0 Å². The van der Waals surface area contributed by atoms with E-state index in [0.717, 1.165) is 0 Å². The quantitative estimate of drug-likeness (QED) is 0.880. The molecule has 22 heavy (non-hydrogen) atoms. The number of ether oxygens (including phenoxy) is 1. The van der Waals surface area contributed by atoms with E-state index >= 15 is 0 Å². The number of anilines is 1. The molecular weight excluding hydrogens is 293 g/mol. The number of rotatable bonds is 4. The summed E-state index contributed by atoms with van der Waals surface area (Å²) >= 11 is 0. The minimum Gasteiger partial charge on any atom is -0.480 e. The van der Waals surface area contributed by atoms with Crippen LogP contribution in [0.25, 0.3) is 0 Å². The van der Waals surface area contributed by atoms with Crippen molar-refractivity contribution in [1.29, 1.82) is 0 Å². The first-order chi connectivity index (χ1) is 10.5. The summed E-state index contributed by atoms with van der Waals surface area (Å²) in [4.78, 5) is 22.7. The van der Waals surface area contributed by atoms with Crippen molar-refractivity contribution in [2.24, 2.45) is 0 Å². The summed E-state index contributed by atoms with van der Waals surface area (Å²) in [5, 5.41) is 15.1. The van der Waals surface area contributed by atoms with Crippen molar-refractivity contribution >= 4 is 17.7 Å². The summed E-state index contributed by atoms with van der Waals surface area (Å²) in [7, 11) is 0. The Kier molecular flexibility index (Phi) is 3.50. The Labute approximate surface area is 124 Å². The van der Waals surface area contributed by atoms with E-state index in [2.05, 4.69) is 10.4 Å². The molecule has 0 unspecified atom stereocenters. The highest BCUT2D eigenvalue weighted by Crippen LogP contribution is 2.31. The molecule has 3 rings (SSSR count). The number of fused-ring (bicyclic) bond motifs is 1. The van der Waals surface area contributed by atoms with Crippen LogP contribution in [0.1, 0.15) is 5.56 Å². The Morgan fingerprint density at radius 1 is 1.45 bits per heavy atom. The highest BCUT2D eigenvalue weighted by Gasteiger charge is 2.31. The lowest BCUT2D eigenvalue weighted by atomic mass is 10.1. The van der Waals surface area contributed by atoms with Crippen LogP contribution in [-0.2, 0) is 22.6 Å². The number of aliphatic carboxylic acids is 1. The predicted octanol–water partition coefficient (Wildman–Crippen LogP) is 1.05. The fraction of sp³-hybridized carbons (Fsp3) is 0.214. The Hall–Kier alpha value is -2.90. The van der Waals surface area contributed by atoms with Gasteiger partial charge in [-0.1, -0.05) is 12.1 Å². The number of hydrogen-bond acceptors (Lipinski definition) is 4. The smallest absolute Gasteiger partial charge is 0.325 e. The molecule has 1 aliphatic rings. The predicted molar refractivity (Wildman–Crippen MR) is 73.0 cm³/mol. The Morgan fingerprint density at radius 2 is 2.27 bits per heavy atom. The summed E-state index contributed by atoms with van der Waals surface area (Å²) in [6.45, 7) is -0.299. The first-order valence-corrected chi connectivity index (χ1v) is 6.53. The van der Waals surface area contributed by atoms with Crippen molar-refractivity contribution in [3.8, 4) is 5.75 Å². The molecule has 0 aliphatic carbocycles. The average molecular weight is 305 g/mol. The molecule has 2 aromatic rings. The zero-order chi connectivity index (χ0) is 15.7. The van der Waals surface area contributed by atoms with Gasteiger partial charge in [0, 0.05) is 24.2 Å². The summed E-state index contributed by atoms with van der Waals surface area (Å²) in [5.74, 6) is -1.69. The van der Waals surface area contributed by atoms with Crippen LogP contribution in [-0.4, -0.2) is 32.9 Å². The van der Waals surface area contributed by atoms with Crippen LogP contribution in [0, 0.1) is 5.82 Å². The minimum absolute atomic E-state index is 0.0963. The van der Waals surface area contributed by atoms with E-state index in [1.165, 1.54) is 23.0 Å². The molecule has 2 N–H and O–H groups in total. The number of aromatic nitrogens is 2. The van der Waals surface area contributed by atoms with Gasteiger partial charge < -0.3 is 15.2 Å². The second-order valence-corrected chi connectivity index (χ2v) is 4.82. The van der Waals surface area contributed by atoms with E-state index in [0.29, 0.717) is 5.56 Å². The molecular formula is C14H12FN3O4. The van der Waals surface area contributed by atoms with Crippen LogP contribution in [0.3, 0.4) is 0 Å². The Morgan fingerprint density at radius 3 is 3.00 bits per heavy atom. The highest BCUT2D eigenvalue weighted by atomic mass is 19.1. The van der Waals surface area contributed by atoms with E-state index < -0.39 is 23.8 Å². The van der Waals surface area contributed by atoms with E-state index in [9.17, 15) is 14.0 Å². The van der Waals surface area contributed by atoms with Gasteiger partial charge in [0.05, 0.1) is 0 Å². The van der Waals surface area contributed by atoms with Gasteiger partial charge in [0.2, 0.25) is 0 Å². The molecule has 114 valence electrons. The molecule has 7 nitrogen and oxygen atoms in total. The lowest BCUT2D eigenvalue weighted by molar-refractivity contribution is -0.137. The maximum atomic E-state index is 13.6. The van der Waals surface area contributed by atoms with Gasteiger partial charge in [-0.05, 0) is 6.07 Å². The molecule has 0 fully saturated rings. The molecule has 0 saturated heterocycles. The molecule has 2 heterocycles. The number of carbonyl (C=O) groups is 2. The molecule has 1 aromatic heterocycles. The topological polar surface area (TPSA) is 93.5 Å². The summed E-state index contributed by atoms with van der Waals surface area (Å²) in [6, 6.07) is 6.01. The highest BCUT2D eigenvalue weighted by molar-refractivity contribution is 5.94. The number of halogens is 1. The van der Waals surface area contributed by atoms with Gasteiger partial charge in [0.15, 0.2) is 23.5 Å². The molecule has 1 amide bonds. The Bertz CT molecular complexity index is 743. The zero-order valence-electron chi connectivity index (χ0n) is 11.3. The van der Waals surface area contributed by atoms with Crippen molar-refractivity contribution in [3.63, 3.8) is 0 Å². The van der Waals surface area contributed by atoms with Gasteiger partial charge in [0.25, 0.3) is 5.91 Å². The van der Waals surface area contributed by atoms with Gasteiger partial charge in [0.1, 0.15) is 6.54 Å². The van der Waals surface area contributed by atoms with E-state index in [-0.39, 0.29) is 24.5 Å². The number of nitrogens with zero attached hydrogens (tertiary/aromatic N) is 2.